The summed E-state index contributed by atoms with van der Waals surface area (Å²) < 4.78 is 26.1. The van der Waals surface area contributed by atoms with Crippen LogP contribution in [0.5, 0.6) is 0 Å². The van der Waals surface area contributed by atoms with Gasteiger partial charge in [-0.3, -0.25) is 13.9 Å². The topological polar surface area (TPSA) is 86.8 Å². The Morgan fingerprint density at radius 2 is 1.68 bits per heavy atom. The Balaban J connectivity index is 2.42. The second kappa shape index (κ2) is 11.9. The molecular formula is C24H31Cl2N3O4S. The van der Waals surface area contributed by atoms with E-state index in [0.29, 0.717) is 0 Å². The molecule has 0 bridgehead atoms. The molecule has 186 valence electrons. The average Bonchev–Trinajstić information content (AvgIpc) is 2.77. The zero-order valence-electron chi connectivity index (χ0n) is 20.0. The summed E-state index contributed by atoms with van der Waals surface area (Å²) in [7, 11) is -3.89. The maximum Gasteiger partial charge on any atom is 0.244 e. The van der Waals surface area contributed by atoms with Gasteiger partial charge in [-0.25, -0.2) is 8.42 Å². The Hall–Kier alpha value is -2.29. The van der Waals surface area contributed by atoms with Crippen LogP contribution in [0.2, 0.25) is 10.0 Å². The van der Waals surface area contributed by atoms with E-state index < -0.39 is 28.5 Å². The van der Waals surface area contributed by atoms with Crippen molar-refractivity contribution >= 4 is 50.7 Å². The fourth-order valence-corrected chi connectivity index (χ4v) is 4.52. The summed E-state index contributed by atoms with van der Waals surface area (Å²) in [6.45, 7) is 7.00. The molecule has 10 heteroatoms. The molecule has 2 aromatic carbocycles. The minimum Gasteiger partial charge on any atom is -0.352 e. The van der Waals surface area contributed by atoms with Crippen LogP contribution in [0.15, 0.2) is 42.5 Å². The molecule has 2 rings (SSSR count). The molecular weight excluding hydrogens is 497 g/mol. The van der Waals surface area contributed by atoms with Crippen molar-refractivity contribution in [1.82, 2.24) is 10.2 Å². The van der Waals surface area contributed by atoms with Gasteiger partial charge in [-0.2, -0.15) is 0 Å². The molecule has 0 aliphatic carbocycles. The molecule has 0 saturated heterocycles. The number of hydrogen-bond donors (Lipinski definition) is 1. The van der Waals surface area contributed by atoms with Crippen molar-refractivity contribution in [2.24, 2.45) is 0 Å². The highest BCUT2D eigenvalue weighted by molar-refractivity contribution is 7.92. The second-order valence-corrected chi connectivity index (χ2v) is 11.0. The molecule has 34 heavy (non-hydrogen) atoms. The van der Waals surface area contributed by atoms with Crippen molar-refractivity contribution in [1.29, 1.82) is 0 Å². The number of anilines is 1. The molecule has 0 fully saturated rings. The van der Waals surface area contributed by atoms with Crippen molar-refractivity contribution in [3.63, 3.8) is 0 Å². The Labute approximate surface area is 212 Å². The highest BCUT2D eigenvalue weighted by Gasteiger charge is 2.31. The first-order valence-electron chi connectivity index (χ1n) is 10.9. The lowest BCUT2D eigenvalue weighted by atomic mass is 10.1. The SMILES string of the molecule is CC[C@@H](C)NC(=O)[C@H](C)N(Cc1ccc(C)cc1)C(=O)CN(c1cccc(Cl)c1Cl)S(C)(=O)=O. The number of rotatable bonds is 10. The lowest BCUT2D eigenvalue weighted by Crippen LogP contribution is -2.52. The monoisotopic (exact) mass is 527 g/mol. The van der Waals surface area contributed by atoms with Gasteiger partial charge in [0.25, 0.3) is 0 Å². The molecule has 1 N–H and O–H groups in total. The average molecular weight is 529 g/mol. The first kappa shape index (κ1) is 28.0. The number of halogens is 2. The number of nitrogens with zero attached hydrogens (tertiary/aromatic N) is 2. The van der Waals surface area contributed by atoms with Gasteiger partial charge in [0.1, 0.15) is 12.6 Å². The first-order chi connectivity index (χ1) is 15.8. The van der Waals surface area contributed by atoms with Crippen molar-refractivity contribution in [2.45, 2.75) is 52.7 Å². The predicted molar refractivity (Wildman–Crippen MR) is 138 cm³/mol. The fourth-order valence-electron chi connectivity index (χ4n) is 3.22. The predicted octanol–water partition coefficient (Wildman–Crippen LogP) is 4.40. The maximum absolute atomic E-state index is 13.5. The van der Waals surface area contributed by atoms with Gasteiger partial charge in [-0.05, 0) is 44.9 Å². The number of carbonyl (C=O) groups excluding carboxylic acids is 2. The van der Waals surface area contributed by atoms with E-state index in [1.807, 2.05) is 45.0 Å². The van der Waals surface area contributed by atoms with Crippen molar-refractivity contribution in [2.75, 3.05) is 17.1 Å². The van der Waals surface area contributed by atoms with Gasteiger partial charge in [0.15, 0.2) is 0 Å². The molecule has 2 aromatic rings. The summed E-state index contributed by atoms with van der Waals surface area (Å²) >= 11 is 12.3. The van der Waals surface area contributed by atoms with E-state index in [1.54, 1.807) is 13.0 Å². The van der Waals surface area contributed by atoms with Crippen LogP contribution in [-0.4, -0.2) is 50.0 Å². The van der Waals surface area contributed by atoms with Crippen molar-refractivity contribution in [3.05, 3.63) is 63.6 Å². The number of hydrogen-bond acceptors (Lipinski definition) is 4. The molecule has 2 amide bonds. The highest BCUT2D eigenvalue weighted by Crippen LogP contribution is 2.33. The van der Waals surface area contributed by atoms with Gasteiger partial charge in [-0.15, -0.1) is 0 Å². The van der Waals surface area contributed by atoms with Gasteiger partial charge >= 0.3 is 0 Å². The summed E-state index contributed by atoms with van der Waals surface area (Å²) in [6.07, 6.45) is 1.72. The van der Waals surface area contributed by atoms with Crippen LogP contribution in [0, 0.1) is 6.92 Å². The molecule has 0 spiro atoms. The first-order valence-corrected chi connectivity index (χ1v) is 13.5. The molecule has 0 aromatic heterocycles. The molecule has 0 radical (unpaired) electrons. The third-order valence-electron chi connectivity index (χ3n) is 5.52. The Bertz CT molecular complexity index is 1120. The fraction of sp³-hybridized carbons (Fsp3) is 0.417. The van der Waals surface area contributed by atoms with Crippen molar-refractivity contribution in [3.8, 4) is 0 Å². The summed E-state index contributed by atoms with van der Waals surface area (Å²) in [5.41, 5.74) is 1.97. The summed E-state index contributed by atoms with van der Waals surface area (Å²) in [6, 6.07) is 11.2. The number of aryl methyl sites for hydroxylation is 1. The van der Waals surface area contributed by atoms with Crippen LogP contribution in [0.1, 0.15) is 38.3 Å². The third kappa shape index (κ3) is 7.35. The van der Waals surface area contributed by atoms with Crippen LogP contribution < -0.4 is 9.62 Å². The number of nitrogens with one attached hydrogen (secondary N) is 1. The van der Waals surface area contributed by atoms with Crippen molar-refractivity contribution < 1.29 is 18.0 Å². The molecule has 0 saturated carbocycles. The normalized spacial score (nSPS) is 13.1. The zero-order valence-corrected chi connectivity index (χ0v) is 22.3. The Morgan fingerprint density at radius 1 is 1.06 bits per heavy atom. The number of amides is 2. The smallest absolute Gasteiger partial charge is 0.244 e. The van der Waals surface area contributed by atoms with E-state index in [2.05, 4.69) is 5.32 Å². The van der Waals surface area contributed by atoms with E-state index in [-0.39, 0.29) is 34.2 Å². The van der Waals surface area contributed by atoms with E-state index in [9.17, 15) is 18.0 Å². The van der Waals surface area contributed by atoms with Gasteiger partial charge in [0.2, 0.25) is 21.8 Å². The van der Waals surface area contributed by atoms with E-state index >= 15 is 0 Å². The van der Waals surface area contributed by atoms with Crippen LogP contribution in [0.4, 0.5) is 5.69 Å². The second-order valence-electron chi connectivity index (χ2n) is 8.34. The lowest BCUT2D eigenvalue weighted by molar-refractivity contribution is -0.139. The molecule has 0 unspecified atom stereocenters. The zero-order chi connectivity index (χ0) is 25.6. The highest BCUT2D eigenvalue weighted by atomic mass is 35.5. The van der Waals surface area contributed by atoms with Crippen LogP contribution >= 0.6 is 23.2 Å². The third-order valence-corrected chi connectivity index (χ3v) is 7.46. The Morgan fingerprint density at radius 3 is 2.24 bits per heavy atom. The number of carbonyl (C=O) groups is 2. The molecule has 0 aliphatic rings. The quantitative estimate of drug-likeness (QED) is 0.495. The number of benzene rings is 2. The summed E-state index contributed by atoms with van der Waals surface area (Å²) in [4.78, 5) is 27.8. The van der Waals surface area contributed by atoms with E-state index in [0.717, 1.165) is 28.1 Å². The van der Waals surface area contributed by atoms with Gasteiger partial charge in [-0.1, -0.05) is 66.0 Å². The van der Waals surface area contributed by atoms with Crippen LogP contribution in [0.25, 0.3) is 0 Å². The van der Waals surface area contributed by atoms with Gasteiger partial charge < -0.3 is 10.2 Å². The van der Waals surface area contributed by atoms with E-state index in [1.165, 1.54) is 17.0 Å². The summed E-state index contributed by atoms with van der Waals surface area (Å²) in [5.74, 6) is -0.865. The minimum atomic E-state index is -3.89. The number of sulfonamides is 1. The molecule has 7 nitrogen and oxygen atoms in total. The Kier molecular flexibility index (Phi) is 9.79. The lowest BCUT2D eigenvalue weighted by Gasteiger charge is -2.32. The van der Waals surface area contributed by atoms with E-state index in [4.69, 9.17) is 23.2 Å². The maximum atomic E-state index is 13.5. The van der Waals surface area contributed by atoms with Crippen LogP contribution in [0.3, 0.4) is 0 Å². The molecule has 2 atom stereocenters. The molecule has 0 aliphatic heterocycles. The van der Waals surface area contributed by atoms with Gasteiger partial charge in [0, 0.05) is 12.6 Å². The van der Waals surface area contributed by atoms with Gasteiger partial charge in [0.05, 0.1) is 22.0 Å². The van der Waals surface area contributed by atoms with Crippen LogP contribution in [-0.2, 0) is 26.2 Å². The standard InChI is InChI=1S/C24H31Cl2N3O4S/c1-6-17(3)27-24(31)18(4)28(14-19-12-10-16(2)11-13-19)22(30)15-29(34(5,32)33)21-9-7-8-20(25)23(21)26/h7-13,17-18H,6,14-15H2,1-5H3,(H,27,31)/t17-,18+/m1/s1. The molecule has 0 heterocycles. The summed E-state index contributed by atoms with van der Waals surface area (Å²) in [5, 5.41) is 3.08. The minimum absolute atomic E-state index is 0.0232. The largest absolute Gasteiger partial charge is 0.352 e.